The molecule has 1 aromatic carbocycles. The lowest BCUT2D eigenvalue weighted by atomic mass is 10.0. The van der Waals surface area contributed by atoms with Crippen LogP contribution in [0, 0.1) is 6.92 Å². The van der Waals surface area contributed by atoms with Gasteiger partial charge in [0.05, 0.1) is 12.1 Å². The molecule has 10 nitrogen and oxygen atoms in total. The lowest BCUT2D eigenvalue weighted by molar-refractivity contribution is -0.137. The first-order chi connectivity index (χ1) is 18.5. The third kappa shape index (κ3) is 5.53. The Kier molecular flexibility index (Phi) is 6.93. The topological polar surface area (TPSA) is 123 Å². The number of aryl methyl sites for hydroxylation is 1. The van der Waals surface area contributed by atoms with Crippen LogP contribution < -0.4 is 5.32 Å². The molecule has 1 saturated heterocycles. The minimum atomic E-state index is -3.25. The number of aromatic nitrogens is 5. The molecule has 1 aliphatic rings. The third-order valence-electron chi connectivity index (χ3n) is 6.34. The van der Waals surface area contributed by atoms with E-state index in [1.54, 1.807) is 49.6 Å². The summed E-state index contributed by atoms with van der Waals surface area (Å²) in [5.41, 5.74) is 2.08. The van der Waals surface area contributed by atoms with Crippen molar-refractivity contribution in [2.75, 3.05) is 11.9 Å². The summed E-state index contributed by atoms with van der Waals surface area (Å²) >= 11 is 3.19. The Morgan fingerprint density at radius 3 is 2.56 bits per heavy atom. The Hall–Kier alpha value is -4.13. The van der Waals surface area contributed by atoms with Crippen molar-refractivity contribution in [2.45, 2.75) is 38.8 Å². The van der Waals surface area contributed by atoms with Gasteiger partial charge >= 0.3 is 0 Å². The molecule has 5 rings (SSSR count). The molecule has 0 bridgehead atoms. The molecule has 3 aromatic heterocycles. The average molecular weight is 598 g/mol. The van der Waals surface area contributed by atoms with Gasteiger partial charge in [-0.25, -0.2) is 23.7 Å². The fourth-order valence-electron chi connectivity index (χ4n) is 4.50. The van der Waals surface area contributed by atoms with Gasteiger partial charge in [0.15, 0.2) is 5.78 Å². The van der Waals surface area contributed by atoms with Crippen molar-refractivity contribution < 1.29 is 23.2 Å². The quantitative estimate of drug-likeness (QED) is 0.263. The van der Waals surface area contributed by atoms with Crippen molar-refractivity contribution in [3.8, 4) is 11.1 Å². The molecule has 0 unspecified atom stereocenters. The maximum Gasteiger partial charge on any atom is 0.267 e. The summed E-state index contributed by atoms with van der Waals surface area (Å²) in [6.45, 7) is 1.77. The highest BCUT2D eigenvalue weighted by molar-refractivity contribution is 9.10. The molecule has 13 heteroatoms. The summed E-state index contributed by atoms with van der Waals surface area (Å²) in [5.74, 6) is -4.30. The van der Waals surface area contributed by atoms with Crippen molar-refractivity contribution in [1.29, 1.82) is 0 Å². The number of benzene rings is 1. The van der Waals surface area contributed by atoms with E-state index in [1.807, 2.05) is 0 Å². The SMILES string of the molecule is CC(=O)c1nn(CC(=O)N2CC(F)(F)C[C@H]2C(=O)Nc2cccc(Br)n2)c2ccc(-c3cnc(C)nc3)cc12. The lowest BCUT2D eigenvalue weighted by Crippen LogP contribution is -2.44. The van der Waals surface area contributed by atoms with Crippen molar-refractivity contribution in [3.63, 3.8) is 0 Å². The van der Waals surface area contributed by atoms with Gasteiger partial charge in [-0.3, -0.25) is 19.1 Å². The van der Waals surface area contributed by atoms with Crippen LogP contribution in [0.5, 0.6) is 0 Å². The zero-order valence-corrected chi connectivity index (χ0v) is 22.4. The van der Waals surface area contributed by atoms with Crippen LogP contribution in [0.4, 0.5) is 14.6 Å². The summed E-state index contributed by atoms with van der Waals surface area (Å²) < 4.78 is 30.6. The molecule has 0 spiro atoms. The normalized spacial score (nSPS) is 16.4. The monoisotopic (exact) mass is 597 g/mol. The van der Waals surface area contributed by atoms with Crippen LogP contribution in [-0.4, -0.2) is 65.7 Å². The van der Waals surface area contributed by atoms with E-state index in [9.17, 15) is 23.2 Å². The van der Waals surface area contributed by atoms with Gasteiger partial charge in [0.25, 0.3) is 5.92 Å². The molecule has 1 aliphatic heterocycles. The van der Waals surface area contributed by atoms with Gasteiger partial charge in [-0.05, 0) is 52.7 Å². The number of alkyl halides is 2. The number of hydrogen-bond donors (Lipinski definition) is 1. The van der Waals surface area contributed by atoms with Crippen LogP contribution >= 0.6 is 15.9 Å². The van der Waals surface area contributed by atoms with Gasteiger partial charge < -0.3 is 10.2 Å². The number of rotatable bonds is 6. The van der Waals surface area contributed by atoms with Gasteiger partial charge in [-0.15, -0.1) is 0 Å². The Morgan fingerprint density at radius 1 is 1.13 bits per heavy atom. The Balaban J connectivity index is 1.43. The number of Topliss-reactive ketones (excluding diaryl/α,β-unsaturated/α-hetero) is 1. The van der Waals surface area contributed by atoms with E-state index in [4.69, 9.17) is 0 Å². The molecular formula is C26H22BrF2N7O3. The highest BCUT2D eigenvalue weighted by Crippen LogP contribution is 2.33. The molecule has 1 N–H and O–H groups in total. The standard InChI is InChI=1S/C26H22BrF2N7O3/c1-14(37)24-18-8-16(17-10-30-15(2)31-11-17)6-7-19(18)36(34-24)12-23(38)35-13-26(28,29)9-20(35)25(39)33-22-5-3-4-21(27)32-22/h3-8,10-11,20H,9,12-13H2,1-2H3,(H,32,33,39)/t20-/m0/s1. The van der Waals surface area contributed by atoms with E-state index < -0.39 is 43.3 Å². The number of carbonyl (C=O) groups is 3. The molecule has 200 valence electrons. The average Bonchev–Trinajstić information content (AvgIpc) is 3.41. The molecule has 4 heterocycles. The van der Waals surface area contributed by atoms with Crippen LogP contribution in [0.25, 0.3) is 22.0 Å². The molecule has 2 amide bonds. The molecule has 0 aliphatic carbocycles. The van der Waals surface area contributed by atoms with Crippen LogP contribution in [0.1, 0.15) is 29.7 Å². The Bertz CT molecular complexity index is 1610. The molecule has 4 aromatic rings. The summed E-state index contributed by atoms with van der Waals surface area (Å²) in [4.78, 5) is 51.9. The van der Waals surface area contributed by atoms with Gasteiger partial charge in [0, 0.05) is 36.7 Å². The first kappa shape index (κ1) is 26.5. The van der Waals surface area contributed by atoms with E-state index in [1.165, 1.54) is 17.7 Å². The van der Waals surface area contributed by atoms with Crippen molar-refractivity contribution in [3.05, 3.63) is 64.9 Å². The molecular weight excluding hydrogens is 576 g/mol. The maximum atomic E-state index is 14.4. The van der Waals surface area contributed by atoms with Gasteiger partial charge in [-0.1, -0.05) is 12.1 Å². The fraction of sp³-hybridized carbons (Fsp3) is 0.269. The van der Waals surface area contributed by atoms with E-state index in [0.717, 1.165) is 16.0 Å². The molecule has 39 heavy (non-hydrogen) atoms. The molecule has 1 atom stereocenters. The number of anilines is 1. The zero-order valence-electron chi connectivity index (χ0n) is 20.9. The number of pyridine rings is 1. The zero-order chi connectivity index (χ0) is 27.9. The van der Waals surface area contributed by atoms with Crippen LogP contribution in [0.15, 0.2) is 53.4 Å². The first-order valence-corrected chi connectivity index (χ1v) is 12.7. The fourth-order valence-corrected chi connectivity index (χ4v) is 4.84. The maximum absolute atomic E-state index is 14.4. The van der Waals surface area contributed by atoms with E-state index in [0.29, 0.717) is 21.3 Å². The van der Waals surface area contributed by atoms with Crippen LogP contribution in [0.3, 0.4) is 0 Å². The number of likely N-dealkylation sites (tertiary alicyclic amines) is 1. The van der Waals surface area contributed by atoms with Gasteiger partial charge in [-0.2, -0.15) is 5.10 Å². The summed E-state index contributed by atoms with van der Waals surface area (Å²) in [6.07, 6.45) is 2.50. The number of hydrogen-bond acceptors (Lipinski definition) is 7. The largest absolute Gasteiger partial charge is 0.323 e. The minimum Gasteiger partial charge on any atom is -0.323 e. The number of halogens is 3. The smallest absolute Gasteiger partial charge is 0.267 e. The summed E-state index contributed by atoms with van der Waals surface area (Å²) in [7, 11) is 0. The molecule has 1 fully saturated rings. The van der Waals surface area contributed by atoms with Gasteiger partial charge in [0.1, 0.15) is 34.5 Å². The third-order valence-corrected chi connectivity index (χ3v) is 6.78. The number of nitrogens with zero attached hydrogens (tertiary/aromatic N) is 6. The number of fused-ring (bicyclic) bond motifs is 1. The summed E-state index contributed by atoms with van der Waals surface area (Å²) in [5, 5.41) is 7.31. The number of nitrogens with one attached hydrogen (secondary N) is 1. The van der Waals surface area contributed by atoms with E-state index >= 15 is 0 Å². The van der Waals surface area contributed by atoms with Crippen molar-refractivity contribution >= 4 is 50.2 Å². The van der Waals surface area contributed by atoms with E-state index in [2.05, 4.69) is 41.3 Å². The lowest BCUT2D eigenvalue weighted by Gasteiger charge is -2.23. The predicted molar refractivity (Wildman–Crippen MR) is 141 cm³/mol. The number of ketones is 1. The first-order valence-electron chi connectivity index (χ1n) is 11.9. The van der Waals surface area contributed by atoms with Crippen molar-refractivity contribution in [2.24, 2.45) is 0 Å². The molecule has 0 saturated carbocycles. The second-order valence-corrected chi connectivity index (χ2v) is 10.1. The van der Waals surface area contributed by atoms with E-state index in [-0.39, 0.29) is 17.3 Å². The van der Waals surface area contributed by atoms with Crippen molar-refractivity contribution in [1.82, 2.24) is 29.6 Å². The minimum absolute atomic E-state index is 0.134. The number of carbonyl (C=O) groups excluding carboxylic acids is 3. The number of amides is 2. The second kappa shape index (κ2) is 10.2. The Labute approximate surface area is 229 Å². The van der Waals surface area contributed by atoms with Gasteiger partial charge in [0.2, 0.25) is 11.8 Å². The summed E-state index contributed by atoms with van der Waals surface area (Å²) in [6, 6.07) is 8.60. The highest BCUT2D eigenvalue weighted by atomic mass is 79.9. The molecule has 0 radical (unpaired) electrons. The predicted octanol–water partition coefficient (Wildman–Crippen LogP) is 4.04. The highest BCUT2D eigenvalue weighted by Gasteiger charge is 2.50. The second-order valence-electron chi connectivity index (χ2n) is 9.25. The van der Waals surface area contributed by atoms with Crippen LogP contribution in [0.2, 0.25) is 0 Å². The van der Waals surface area contributed by atoms with Crippen LogP contribution in [-0.2, 0) is 16.1 Å². The Morgan fingerprint density at radius 2 is 1.87 bits per heavy atom.